The third kappa shape index (κ3) is 2.82. The first kappa shape index (κ1) is 17.3. The maximum Gasteiger partial charge on any atom is 0.356 e. The van der Waals surface area contributed by atoms with Gasteiger partial charge in [-0.1, -0.05) is 48.0 Å². The number of ether oxygens (including phenoxy) is 1. The lowest BCUT2D eigenvalue weighted by Crippen LogP contribution is -2.31. The molecule has 0 N–H and O–H groups in total. The van der Waals surface area contributed by atoms with Gasteiger partial charge in [-0.15, -0.1) is 0 Å². The Labute approximate surface area is 149 Å². The number of nitrogens with zero attached hydrogens (tertiary/aromatic N) is 1. The molecule has 0 fully saturated rings. The van der Waals surface area contributed by atoms with Crippen LogP contribution in [0.4, 0.5) is 5.69 Å². The molecule has 0 radical (unpaired) electrons. The fourth-order valence-electron chi connectivity index (χ4n) is 2.70. The van der Waals surface area contributed by atoms with Crippen LogP contribution in [0.15, 0.2) is 65.9 Å². The van der Waals surface area contributed by atoms with Gasteiger partial charge in [-0.25, -0.2) is 4.79 Å². The Morgan fingerprint density at radius 1 is 0.923 bits per heavy atom. The molecule has 0 aliphatic carbocycles. The summed E-state index contributed by atoms with van der Waals surface area (Å²) in [6.45, 7) is 1.86. The van der Waals surface area contributed by atoms with E-state index in [2.05, 4.69) is 0 Å². The van der Waals surface area contributed by atoms with Crippen LogP contribution in [0.3, 0.4) is 0 Å². The molecule has 1 aliphatic heterocycles. The average Bonchev–Trinajstić information content (AvgIpc) is 2.93. The lowest BCUT2D eigenvalue weighted by atomic mass is 10.00. The molecule has 0 atom stereocenters. The molecule has 6 nitrogen and oxygen atoms in total. The number of hydrogen-bond donors (Lipinski definition) is 0. The molecule has 0 saturated heterocycles. The smallest absolute Gasteiger partial charge is 0.356 e. The maximum absolute atomic E-state index is 12.8. The molecule has 130 valence electrons. The Balaban J connectivity index is 2.19. The van der Waals surface area contributed by atoms with Crippen LogP contribution in [0, 0.1) is 6.92 Å². The van der Waals surface area contributed by atoms with Crippen LogP contribution in [0.2, 0.25) is 0 Å². The number of anilines is 1. The zero-order chi connectivity index (χ0) is 18.8. The van der Waals surface area contributed by atoms with Gasteiger partial charge in [0.05, 0.1) is 7.11 Å². The molecule has 0 spiro atoms. The molecule has 0 aromatic heterocycles. The number of hydrogen-bond acceptors (Lipinski definition) is 5. The van der Waals surface area contributed by atoms with Crippen LogP contribution < -0.4 is 4.90 Å². The number of methoxy groups -OCH3 is 1. The van der Waals surface area contributed by atoms with Crippen LogP contribution in [0.25, 0.3) is 0 Å². The Kier molecular flexibility index (Phi) is 4.49. The molecular weight excluding hydrogens is 334 g/mol. The number of rotatable bonds is 4. The van der Waals surface area contributed by atoms with Crippen molar-refractivity contribution < 1.29 is 23.9 Å². The first-order valence-corrected chi connectivity index (χ1v) is 7.83. The van der Waals surface area contributed by atoms with E-state index in [1.165, 1.54) is 12.1 Å². The Hall–Kier alpha value is -3.54. The van der Waals surface area contributed by atoms with Gasteiger partial charge in [-0.05, 0) is 19.1 Å². The zero-order valence-corrected chi connectivity index (χ0v) is 14.2. The van der Waals surface area contributed by atoms with E-state index in [0.29, 0.717) is 5.69 Å². The molecule has 0 bridgehead atoms. The van der Waals surface area contributed by atoms with Crippen molar-refractivity contribution in [3.05, 3.63) is 77.0 Å². The van der Waals surface area contributed by atoms with Gasteiger partial charge in [-0.3, -0.25) is 19.3 Å². The van der Waals surface area contributed by atoms with Gasteiger partial charge in [0.1, 0.15) is 5.57 Å². The summed E-state index contributed by atoms with van der Waals surface area (Å²) in [7, 11) is 1.13. The molecule has 0 unspecified atom stereocenters. The number of amides is 1. The molecule has 1 heterocycles. The topological polar surface area (TPSA) is 80.8 Å². The van der Waals surface area contributed by atoms with Crippen molar-refractivity contribution in [1.82, 2.24) is 0 Å². The summed E-state index contributed by atoms with van der Waals surface area (Å²) < 4.78 is 4.73. The van der Waals surface area contributed by atoms with Gasteiger partial charge < -0.3 is 4.74 Å². The second kappa shape index (κ2) is 6.76. The maximum atomic E-state index is 12.8. The molecule has 2 aromatic rings. The highest BCUT2D eigenvalue weighted by Gasteiger charge is 2.46. The van der Waals surface area contributed by atoms with E-state index in [1.807, 2.05) is 6.92 Å². The van der Waals surface area contributed by atoms with Gasteiger partial charge in [0, 0.05) is 11.3 Å². The second-order valence-corrected chi connectivity index (χ2v) is 5.72. The van der Waals surface area contributed by atoms with E-state index in [-0.39, 0.29) is 11.3 Å². The van der Waals surface area contributed by atoms with Crippen LogP contribution in [0.5, 0.6) is 0 Å². The molecule has 26 heavy (non-hydrogen) atoms. The minimum Gasteiger partial charge on any atom is -0.464 e. The number of carbonyl (C=O) groups is 4. The summed E-state index contributed by atoms with van der Waals surface area (Å²) in [6, 6.07) is 14.7. The van der Waals surface area contributed by atoms with Crippen molar-refractivity contribution in [2.24, 2.45) is 0 Å². The van der Waals surface area contributed by atoms with Crippen molar-refractivity contribution in [3.8, 4) is 0 Å². The predicted octanol–water partition coefficient (Wildman–Crippen LogP) is 2.22. The van der Waals surface area contributed by atoms with E-state index in [4.69, 9.17) is 4.74 Å². The molecule has 6 heteroatoms. The summed E-state index contributed by atoms with van der Waals surface area (Å²) in [5.41, 5.74) is 0.616. The first-order chi connectivity index (χ1) is 12.5. The monoisotopic (exact) mass is 349 g/mol. The third-order valence-electron chi connectivity index (χ3n) is 4.02. The van der Waals surface area contributed by atoms with Crippen LogP contribution in [0.1, 0.15) is 15.9 Å². The van der Waals surface area contributed by atoms with Crippen LogP contribution in [-0.2, 0) is 19.1 Å². The van der Waals surface area contributed by atoms with Gasteiger partial charge in [0.15, 0.2) is 11.5 Å². The SMILES string of the molecule is COC(=O)C1=C(C(=O)c2ccccc2)C(=O)C(=O)N1c1ccc(C)cc1. The Morgan fingerprint density at radius 2 is 1.54 bits per heavy atom. The van der Waals surface area contributed by atoms with Gasteiger partial charge in [0.25, 0.3) is 5.78 Å². The van der Waals surface area contributed by atoms with E-state index >= 15 is 0 Å². The van der Waals surface area contributed by atoms with Crippen molar-refractivity contribution in [3.63, 3.8) is 0 Å². The third-order valence-corrected chi connectivity index (χ3v) is 4.02. The number of aryl methyl sites for hydroxylation is 1. The second-order valence-electron chi connectivity index (χ2n) is 5.72. The lowest BCUT2D eigenvalue weighted by Gasteiger charge is -2.18. The highest BCUT2D eigenvalue weighted by Crippen LogP contribution is 2.31. The summed E-state index contributed by atoms with van der Waals surface area (Å²) in [5.74, 6) is -3.61. The molecule has 1 amide bonds. The van der Waals surface area contributed by atoms with E-state index in [1.54, 1.807) is 42.5 Å². The summed E-state index contributed by atoms with van der Waals surface area (Å²) >= 11 is 0. The Bertz CT molecular complexity index is 942. The highest BCUT2D eigenvalue weighted by molar-refractivity contribution is 6.59. The minimum absolute atomic E-state index is 0.204. The van der Waals surface area contributed by atoms with Crippen molar-refractivity contribution in [2.45, 2.75) is 6.92 Å². The molecule has 0 saturated carbocycles. The molecule has 1 aliphatic rings. The van der Waals surface area contributed by atoms with Crippen molar-refractivity contribution in [2.75, 3.05) is 12.0 Å². The minimum atomic E-state index is -1.03. The number of carbonyl (C=O) groups excluding carboxylic acids is 4. The van der Waals surface area contributed by atoms with Gasteiger partial charge in [-0.2, -0.15) is 0 Å². The van der Waals surface area contributed by atoms with E-state index in [9.17, 15) is 19.2 Å². The van der Waals surface area contributed by atoms with Crippen molar-refractivity contribution in [1.29, 1.82) is 0 Å². The van der Waals surface area contributed by atoms with E-state index < -0.39 is 29.0 Å². The standard InChI is InChI=1S/C20H15NO5/c1-12-8-10-14(11-9-12)21-16(20(25)26-2)15(18(23)19(21)24)17(22)13-6-4-3-5-7-13/h3-11H,1-2H3. The summed E-state index contributed by atoms with van der Waals surface area (Å²) in [6.07, 6.45) is 0. The van der Waals surface area contributed by atoms with Crippen molar-refractivity contribution >= 4 is 29.1 Å². The summed E-state index contributed by atoms with van der Waals surface area (Å²) in [5, 5.41) is 0. The lowest BCUT2D eigenvalue weighted by molar-refractivity contribution is -0.136. The number of benzene rings is 2. The quantitative estimate of drug-likeness (QED) is 0.366. The number of ketones is 2. The number of Topliss-reactive ketones (excluding diaryl/α,β-unsaturated/α-hetero) is 2. The van der Waals surface area contributed by atoms with Gasteiger partial charge >= 0.3 is 11.9 Å². The van der Waals surface area contributed by atoms with Gasteiger partial charge in [0.2, 0.25) is 0 Å². The number of esters is 1. The average molecular weight is 349 g/mol. The highest BCUT2D eigenvalue weighted by atomic mass is 16.5. The molecule has 3 rings (SSSR count). The predicted molar refractivity (Wildman–Crippen MR) is 93.5 cm³/mol. The van der Waals surface area contributed by atoms with Crippen LogP contribution >= 0.6 is 0 Å². The summed E-state index contributed by atoms with van der Waals surface area (Å²) in [4.78, 5) is 51.1. The zero-order valence-electron chi connectivity index (χ0n) is 14.2. The largest absolute Gasteiger partial charge is 0.464 e. The Morgan fingerprint density at radius 3 is 2.12 bits per heavy atom. The molecule has 2 aromatic carbocycles. The van der Waals surface area contributed by atoms with Crippen LogP contribution in [-0.4, -0.2) is 30.6 Å². The van der Waals surface area contributed by atoms with E-state index in [0.717, 1.165) is 17.6 Å². The first-order valence-electron chi connectivity index (χ1n) is 7.83. The normalized spacial score (nSPS) is 14.0. The fourth-order valence-corrected chi connectivity index (χ4v) is 2.70. The molecular formula is C20H15NO5. The fraction of sp³-hybridized carbons (Fsp3) is 0.100.